The fourth-order valence-corrected chi connectivity index (χ4v) is 3.13. The largest absolute Gasteiger partial charge is 0.476 e. The van der Waals surface area contributed by atoms with Gasteiger partial charge in [0, 0.05) is 0 Å². The van der Waals surface area contributed by atoms with E-state index in [0.717, 1.165) is 16.5 Å². The van der Waals surface area contributed by atoms with Crippen LogP contribution in [-0.4, -0.2) is 30.8 Å². The van der Waals surface area contributed by atoms with Gasteiger partial charge in [-0.05, 0) is 35.0 Å². The molecule has 0 radical (unpaired) electrons. The number of fused-ring (bicyclic) bond motifs is 3. The lowest BCUT2D eigenvalue weighted by Crippen LogP contribution is -2.01. The fraction of sp³-hybridized carbons (Fsp3) is 0. The van der Waals surface area contributed by atoms with Crippen molar-refractivity contribution in [2.75, 3.05) is 0 Å². The molecule has 0 saturated heterocycles. The summed E-state index contributed by atoms with van der Waals surface area (Å²) in [6.45, 7) is 0. The first kappa shape index (κ1) is 14.5. The molecule has 124 valence electrons. The lowest BCUT2D eigenvalue weighted by atomic mass is 10.1. The topological polar surface area (TPSA) is 80.9 Å². The third-order valence-corrected chi connectivity index (χ3v) is 4.34. The summed E-state index contributed by atoms with van der Waals surface area (Å²) >= 11 is 0. The molecule has 0 amide bonds. The zero-order valence-corrected chi connectivity index (χ0v) is 13.5. The average Bonchev–Trinajstić information content (AvgIpc) is 3.04. The first-order valence-corrected chi connectivity index (χ1v) is 8.09. The zero-order valence-electron chi connectivity index (χ0n) is 13.5. The van der Waals surface area contributed by atoms with E-state index >= 15 is 0 Å². The maximum Gasteiger partial charge on any atom is 0.358 e. The van der Waals surface area contributed by atoms with Crippen LogP contribution in [0.5, 0.6) is 0 Å². The van der Waals surface area contributed by atoms with Crippen LogP contribution in [0.1, 0.15) is 10.5 Å². The lowest BCUT2D eigenvalue weighted by Gasteiger charge is -2.04. The summed E-state index contributed by atoms with van der Waals surface area (Å²) in [6, 6.07) is 21.1. The zero-order chi connectivity index (χ0) is 17.7. The Kier molecular flexibility index (Phi) is 2.99. The number of benzene rings is 3. The average molecular weight is 340 g/mol. The van der Waals surface area contributed by atoms with Crippen molar-refractivity contribution >= 4 is 38.9 Å². The Morgan fingerprint density at radius 3 is 2.12 bits per heavy atom. The van der Waals surface area contributed by atoms with Crippen molar-refractivity contribution in [2.24, 2.45) is 0 Å². The molecule has 6 nitrogen and oxygen atoms in total. The van der Waals surface area contributed by atoms with Gasteiger partial charge in [-0.15, -0.1) is 0 Å². The molecule has 2 aromatic heterocycles. The molecule has 0 unspecified atom stereocenters. The number of carbonyl (C=O) groups is 1. The number of hydrogen-bond donors (Lipinski definition) is 1. The van der Waals surface area contributed by atoms with Crippen molar-refractivity contribution in [3.63, 3.8) is 0 Å². The minimum atomic E-state index is -1.13. The van der Waals surface area contributed by atoms with Gasteiger partial charge < -0.3 is 5.11 Å². The molecule has 0 fully saturated rings. The lowest BCUT2D eigenvalue weighted by molar-refractivity contribution is 0.0692. The normalized spacial score (nSPS) is 11.4. The van der Waals surface area contributed by atoms with E-state index in [-0.39, 0.29) is 11.2 Å². The van der Waals surface area contributed by atoms with Crippen molar-refractivity contribution < 1.29 is 9.90 Å². The van der Waals surface area contributed by atoms with E-state index in [9.17, 15) is 9.90 Å². The maximum absolute atomic E-state index is 11.7. The van der Waals surface area contributed by atoms with Gasteiger partial charge in [0.2, 0.25) is 0 Å². The van der Waals surface area contributed by atoms with Crippen LogP contribution >= 0.6 is 0 Å². The molecular weight excluding hydrogens is 328 g/mol. The molecule has 5 rings (SSSR count). The second kappa shape index (κ2) is 5.35. The smallest absolute Gasteiger partial charge is 0.358 e. The predicted octanol–water partition coefficient (Wildman–Crippen LogP) is 3.82. The molecular formula is C20H12N4O2. The van der Waals surface area contributed by atoms with Crippen LogP contribution in [0.3, 0.4) is 0 Å². The van der Waals surface area contributed by atoms with Crippen LogP contribution < -0.4 is 0 Å². The summed E-state index contributed by atoms with van der Waals surface area (Å²) in [5, 5.41) is 15.9. The second-order valence-electron chi connectivity index (χ2n) is 5.99. The van der Waals surface area contributed by atoms with E-state index in [4.69, 9.17) is 0 Å². The minimum Gasteiger partial charge on any atom is -0.476 e. The number of aromatic carboxylic acids is 1. The SMILES string of the molecule is O=C(O)c1nn(-c2ccccc2)c2nc3cc4ccccc4cc3nc12. The predicted molar refractivity (Wildman–Crippen MR) is 98.6 cm³/mol. The highest BCUT2D eigenvalue weighted by Crippen LogP contribution is 2.25. The number of aromatic nitrogens is 4. The minimum absolute atomic E-state index is 0.105. The highest BCUT2D eigenvalue weighted by Gasteiger charge is 2.20. The van der Waals surface area contributed by atoms with Gasteiger partial charge in [0.15, 0.2) is 11.3 Å². The van der Waals surface area contributed by atoms with Crippen molar-refractivity contribution in [2.45, 2.75) is 0 Å². The van der Waals surface area contributed by atoms with E-state index in [1.165, 1.54) is 4.68 Å². The molecule has 5 aromatic rings. The van der Waals surface area contributed by atoms with Crippen molar-refractivity contribution in [3.05, 3.63) is 72.4 Å². The molecule has 0 spiro atoms. The van der Waals surface area contributed by atoms with Gasteiger partial charge in [0.25, 0.3) is 0 Å². The highest BCUT2D eigenvalue weighted by molar-refractivity contribution is 6.02. The van der Waals surface area contributed by atoms with E-state index in [2.05, 4.69) is 15.1 Å². The fourth-order valence-electron chi connectivity index (χ4n) is 3.13. The van der Waals surface area contributed by atoms with E-state index in [0.29, 0.717) is 16.7 Å². The summed E-state index contributed by atoms with van der Waals surface area (Å²) in [5.74, 6) is -1.13. The van der Waals surface area contributed by atoms with Gasteiger partial charge in [0.05, 0.1) is 16.7 Å². The van der Waals surface area contributed by atoms with Crippen LogP contribution in [0.4, 0.5) is 0 Å². The molecule has 6 heteroatoms. The monoisotopic (exact) mass is 340 g/mol. The van der Waals surface area contributed by atoms with E-state index < -0.39 is 5.97 Å². The van der Waals surface area contributed by atoms with Crippen LogP contribution in [-0.2, 0) is 0 Å². The number of rotatable bonds is 2. The number of para-hydroxylation sites is 1. The molecule has 0 saturated carbocycles. The molecule has 1 N–H and O–H groups in total. The van der Waals surface area contributed by atoms with Crippen LogP contribution in [0.2, 0.25) is 0 Å². The van der Waals surface area contributed by atoms with Gasteiger partial charge in [-0.25, -0.2) is 19.4 Å². The molecule has 0 aliphatic carbocycles. The Morgan fingerprint density at radius 1 is 0.846 bits per heavy atom. The first-order valence-electron chi connectivity index (χ1n) is 8.09. The molecule has 3 aromatic carbocycles. The standard InChI is InChI=1S/C20H12N4O2/c25-20(26)18-17-19(24(23-18)14-8-2-1-3-9-14)22-16-11-13-7-5-4-6-12(13)10-15(16)21-17/h1-11H,(H,25,26). The Labute approximate surface area is 147 Å². The number of carboxylic acids is 1. The quantitative estimate of drug-likeness (QED) is 0.494. The molecule has 0 bridgehead atoms. The maximum atomic E-state index is 11.7. The van der Waals surface area contributed by atoms with Gasteiger partial charge in [0.1, 0.15) is 5.52 Å². The number of nitrogens with zero attached hydrogens (tertiary/aromatic N) is 4. The summed E-state index contributed by atoms with van der Waals surface area (Å²) < 4.78 is 1.53. The first-order chi connectivity index (χ1) is 12.7. The number of carboxylic acid groups (broad SMARTS) is 1. The molecule has 2 heterocycles. The van der Waals surface area contributed by atoms with E-state index in [1.54, 1.807) is 0 Å². The van der Waals surface area contributed by atoms with Crippen molar-refractivity contribution in [3.8, 4) is 5.69 Å². The second-order valence-corrected chi connectivity index (χ2v) is 5.99. The highest BCUT2D eigenvalue weighted by atomic mass is 16.4. The summed E-state index contributed by atoms with van der Waals surface area (Å²) in [5.41, 5.74) is 2.68. The van der Waals surface area contributed by atoms with E-state index in [1.807, 2.05) is 66.7 Å². The Bertz CT molecular complexity index is 1310. The Balaban J connectivity index is 1.90. The summed E-state index contributed by atoms with van der Waals surface area (Å²) in [7, 11) is 0. The van der Waals surface area contributed by atoms with Crippen molar-refractivity contribution in [1.29, 1.82) is 0 Å². The van der Waals surface area contributed by atoms with Crippen molar-refractivity contribution in [1.82, 2.24) is 19.7 Å². The van der Waals surface area contributed by atoms with Gasteiger partial charge >= 0.3 is 5.97 Å². The third kappa shape index (κ3) is 2.12. The van der Waals surface area contributed by atoms with Crippen LogP contribution in [0, 0.1) is 0 Å². The van der Waals surface area contributed by atoms with Gasteiger partial charge in [-0.2, -0.15) is 5.10 Å². The molecule has 26 heavy (non-hydrogen) atoms. The summed E-state index contributed by atoms with van der Waals surface area (Å²) in [4.78, 5) is 20.9. The van der Waals surface area contributed by atoms with Crippen LogP contribution in [0.15, 0.2) is 66.7 Å². The number of hydrogen-bond acceptors (Lipinski definition) is 4. The van der Waals surface area contributed by atoms with Gasteiger partial charge in [-0.1, -0.05) is 42.5 Å². The molecule has 0 aliphatic heterocycles. The summed E-state index contributed by atoms with van der Waals surface area (Å²) in [6.07, 6.45) is 0. The molecule has 0 atom stereocenters. The Hall–Kier alpha value is -3.80. The Morgan fingerprint density at radius 2 is 1.46 bits per heavy atom. The van der Waals surface area contributed by atoms with Crippen LogP contribution in [0.25, 0.3) is 38.7 Å². The van der Waals surface area contributed by atoms with Gasteiger partial charge in [-0.3, -0.25) is 0 Å². The third-order valence-electron chi connectivity index (χ3n) is 4.34. The molecule has 0 aliphatic rings.